The van der Waals surface area contributed by atoms with E-state index in [9.17, 15) is 26.3 Å². The summed E-state index contributed by atoms with van der Waals surface area (Å²) in [6, 6.07) is 10.6. The molecule has 1 atom stereocenters. The normalized spacial score (nSPS) is 15.4. The van der Waals surface area contributed by atoms with Crippen molar-refractivity contribution in [1.82, 2.24) is 0 Å². The second-order valence-electron chi connectivity index (χ2n) is 4.45. The summed E-state index contributed by atoms with van der Waals surface area (Å²) in [5.74, 6) is -8.93. The number of hydrogen-bond donors (Lipinski definition) is 0. The lowest BCUT2D eigenvalue weighted by Crippen LogP contribution is -2.45. The first-order chi connectivity index (χ1) is 10.2. The second-order valence-corrected chi connectivity index (χ2v) is 4.45. The second kappa shape index (κ2) is 5.64. The Morgan fingerprint density at radius 3 is 1.41 bits per heavy atom. The van der Waals surface area contributed by atoms with Crippen molar-refractivity contribution in [2.75, 3.05) is 0 Å². The third-order valence-corrected chi connectivity index (χ3v) is 2.94. The zero-order valence-electron chi connectivity index (χ0n) is 10.9. The summed E-state index contributed by atoms with van der Waals surface area (Å²) in [5.41, 5.74) is -1.85. The summed E-state index contributed by atoms with van der Waals surface area (Å²) in [4.78, 5) is 0. The number of rotatable bonds is 4. The smallest absolute Gasteiger partial charge is 0.243 e. The third-order valence-electron chi connectivity index (χ3n) is 2.94. The highest BCUT2D eigenvalue weighted by molar-refractivity contribution is 5.30. The molecule has 0 spiro atoms. The molecule has 2 aromatic rings. The predicted molar refractivity (Wildman–Crippen MR) is 66.7 cm³/mol. The average Bonchev–Trinajstić information content (AvgIpc) is 2.47. The van der Waals surface area contributed by atoms with Gasteiger partial charge in [-0.25, -0.2) is 4.74 Å². The van der Waals surface area contributed by atoms with E-state index in [-0.39, 0.29) is 0 Å². The van der Waals surface area contributed by atoms with Gasteiger partial charge in [-0.15, -0.1) is 13.2 Å². The van der Waals surface area contributed by atoms with Crippen LogP contribution >= 0.6 is 0 Å². The Morgan fingerprint density at radius 1 is 0.591 bits per heavy atom. The zero-order chi connectivity index (χ0) is 16.4. The summed E-state index contributed by atoms with van der Waals surface area (Å²) in [7, 11) is 0. The Kier molecular flexibility index (Phi) is 4.19. The highest BCUT2D eigenvalue weighted by Crippen LogP contribution is 2.51. The van der Waals surface area contributed by atoms with Crippen molar-refractivity contribution in [2.45, 2.75) is 18.1 Å². The minimum absolute atomic E-state index is 0.808. The van der Waals surface area contributed by atoms with E-state index in [1.165, 1.54) is 24.3 Å². The van der Waals surface area contributed by atoms with E-state index < -0.39 is 29.3 Å². The van der Waals surface area contributed by atoms with E-state index in [0.29, 0.717) is 0 Å². The number of hydrogen-bond acceptors (Lipinski definition) is 1. The van der Waals surface area contributed by atoms with Gasteiger partial charge in [0.05, 0.1) is 0 Å². The molecule has 0 aliphatic carbocycles. The summed E-state index contributed by atoms with van der Waals surface area (Å²) in [5, 5.41) is 0. The Hall–Kier alpha value is -2.02. The van der Waals surface area contributed by atoms with Crippen LogP contribution < -0.4 is 0 Å². The van der Waals surface area contributed by atoms with Gasteiger partial charge in [0.1, 0.15) is 0 Å². The molecule has 0 saturated heterocycles. The van der Waals surface area contributed by atoms with E-state index in [0.717, 1.165) is 36.4 Å². The van der Waals surface area contributed by atoms with Crippen molar-refractivity contribution in [3.63, 3.8) is 0 Å². The number of alkyl halides is 6. The highest BCUT2D eigenvalue weighted by atomic mass is 19.4. The lowest BCUT2D eigenvalue weighted by Gasteiger charge is -2.34. The topological polar surface area (TPSA) is 9.23 Å². The number of ether oxygens (including phenoxy) is 1. The van der Waals surface area contributed by atoms with Gasteiger partial charge in [-0.3, -0.25) is 0 Å². The summed E-state index contributed by atoms with van der Waals surface area (Å²) in [6.07, 6.45) is -5.58. The lowest BCUT2D eigenvalue weighted by atomic mass is 9.94. The Bertz CT molecular complexity index is 611. The summed E-state index contributed by atoms with van der Waals surface area (Å²) >= 11 is 0. The first-order valence-electron chi connectivity index (χ1n) is 6.11. The molecule has 2 aromatic carbocycles. The van der Waals surface area contributed by atoms with Gasteiger partial charge >= 0.3 is 18.1 Å². The molecular formula is C15H10F6O. The minimum atomic E-state index is -5.58. The molecule has 0 N–H and O–H groups in total. The molecule has 2 rings (SSSR count). The SMILES string of the molecule is FC(F)(F)OC(F)(c1ccccc1)C(F)(F)c1ccccc1. The third kappa shape index (κ3) is 3.09. The maximum absolute atomic E-state index is 14.8. The molecule has 22 heavy (non-hydrogen) atoms. The van der Waals surface area contributed by atoms with Crippen LogP contribution in [0.2, 0.25) is 0 Å². The molecule has 0 amide bonds. The van der Waals surface area contributed by atoms with Gasteiger partial charge in [0.15, 0.2) is 0 Å². The van der Waals surface area contributed by atoms with Crippen LogP contribution in [0.4, 0.5) is 26.3 Å². The molecule has 0 fully saturated rings. The largest absolute Gasteiger partial charge is 0.525 e. The van der Waals surface area contributed by atoms with Crippen molar-refractivity contribution < 1.29 is 31.1 Å². The van der Waals surface area contributed by atoms with Crippen LogP contribution in [0.3, 0.4) is 0 Å². The summed E-state index contributed by atoms with van der Waals surface area (Å²) < 4.78 is 84.3. The molecule has 0 aliphatic rings. The van der Waals surface area contributed by atoms with Gasteiger partial charge in [0.2, 0.25) is 0 Å². The van der Waals surface area contributed by atoms with Crippen LogP contribution in [-0.4, -0.2) is 6.36 Å². The van der Waals surface area contributed by atoms with E-state index in [1.807, 2.05) is 0 Å². The molecule has 0 radical (unpaired) electrons. The van der Waals surface area contributed by atoms with Crippen molar-refractivity contribution in [3.8, 4) is 0 Å². The molecule has 0 aliphatic heterocycles. The van der Waals surface area contributed by atoms with Crippen LogP contribution in [0.5, 0.6) is 0 Å². The van der Waals surface area contributed by atoms with Gasteiger partial charge in [0, 0.05) is 11.1 Å². The fourth-order valence-corrected chi connectivity index (χ4v) is 1.95. The van der Waals surface area contributed by atoms with Crippen molar-refractivity contribution in [1.29, 1.82) is 0 Å². The van der Waals surface area contributed by atoms with Crippen LogP contribution in [-0.2, 0) is 16.5 Å². The van der Waals surface area contributed by atoms with Crippen LogP contribution in [0.25, 0.3) is 0 Å². The molecule has 0 bridgehead atoms. The standard InChI is InChI=1S/C15H10F6O/c16-13(17,11-7-3-1-4-8-11)14(18,22-15(19,20)21)12-9-5-2-6-10-12/h1-10H. The predicted octanol–water partition coefficient (Wildman–Crippen LogP) is 5.14. The molecule has 7 heteroatoms. The van der Waals surface area contributed by atoms with Gasteiger partial charge in [0.25, 0.3) is 0 Å². The maximum atomic E-state index is 14.8. The first-order valence-corrected chi connectivity index (χ1v) is 6.11. The van der Waals surface area contributed by atoms with Crippen LogP contribution in [0, 0.1) is 0 Å². The van der Waals surface area contributed by atoms with E-state index in [1.54, 1.807) is 0 Å². The molecule has 118 valence electrons. The number of halogens is 6. The minimum Gasteiger partial charge on any atom is -0.243 e. The van der Waals surface area contributed by atoms with Crippen LogP contribution in [0.15, 0.2) is 60.7 Å². The molecule has 0 saturated carbocycles. The van der Waals surface area contributed by atoms with E-state index >= 15 is 0 Å². The fourth-order valence-electron chi connectivity index (χ4n) is 1.95. The number of benzene rings is 2. The van der Waals surface area contributed by atoms with Crippen molar-refractivity contribution in [3.05, 3.63) is 71.8 Å². The molecular weight excluding hydrogens is 310 g/mol. The van der Waals surface area contributed by atoms with E-state index in [4.69, 9.17) is 0 Å². The maximum Gasteiger partial charge on any atom is 0.525 e. The molecule has 1 nitrogen and oxygen atoms in total. The summed E-state index contributed by atoms with van der Waals surface area (Å²) in [6.45, 7) is 0. The lowest BCUT2D eigenvalue weighted by molar-refractivity contribution is -0.439. The Morgan fingerprint density at radius 2 is 1.00 bits per heavy atom. The first kappa shape index (κ1) is 16.4. The Balaban J connectivity index is 2.58. The van der Waals surface area contributed by atoms with Crippen LogP contribution in [0.1, 0.15) is 11.1 Å². The molecule has 0 heterocycles. The van der Waals surface area contributed by atoms with Gasteiger partial charge in [-0.05, 0) is 0 Å². The van der Waals surface area contributed by atoms with Crippen molar-refractivity contribution in [2.24, 2.45) is 0 Å². The fraction of sp³-hybridized carbons (Fsp3) is 0.200. The monoisotopic (exact) mass is 320 g/mol. The highest BCUT2D eigenvalue weighted by Gasteiger charge is 2.63. The van der Waals surface area contributed by atoms with Gasteiger partial charge in [-0.1, -0.05) is 60.7 Å². The zero-order valence-corrected chi connectivity index (χ0v) is 10.9. The van der Waals surface area contributed by atoms with E-state index in [2.05, 4.69) is 4.74 Å². The molecule has 1 unspecified atom stereocenters. The van der Waals surface area contributed by atoms with Gasteiger partial charge < -0.3 is 0 Å². The van der Waals surface area contributed by atoms with Crippen molar-refractivity contribution >= 4 is 0 Å². The average molecular weight is 320 g/mol. The van der Waals surface area contributed by atoms with Gasteiger partial charge in [-0.2, -0.15) is 13.2 Å². The molecule has 0 aromatic heterocycles. The quantitative estimate of drug-likeness (QED) is 0.709. The Labute approximate surface area is 122 Å².